The Balaban J connectivity index is 1.43. The van der Waals surface area contributed by atoms with Crippen molar-refractivity contribution in [1.82, 2.24) is 34.8 Å². The van der Waals surface area contributed by atoms with Gasteiger partial charge in [-0.3, -0.25) is 9.48 Å². The molecule has 0 aliphatic carbocycles. The fourth-order valence-corrected chi connectivity index (χ4v) is 3.75. The van der Waals surface area contributed by atoms with E-state index in [9.17, 15) is 4.79 Å². The van der Waals surface area contributed by atoms with E-state index in [4.69, 9.17) is 9.51 Å². The summed E-state index contributed by atoms with van der Waals surface area (Å²) in [4.78, 5) is 27.8. The molecule has 0 radical (unpaired) electrons. The lowest BCUT2D eigenvalue weighted by Gasteiger charge is -2.07. The number of amides is 1. The van der Waals surface area contributed by atoms with Gasteiger partial charge in [-0.15, -0.1) is 0 Å². The second-order valence-corrected chi connectivity index (χ2v) is 7.87. The molecule has 0 unspecified atom stereocenters. The summed E-state index contributed by atoms with van der Waals surface area (Å²) < 4.78 is 7.19. The van der Waals surface area contributed by atoms with Crippen LogP contribution >= 0.6 is 0 Å². The molecule has 10 heteroatoms. The van der Waals surface area contributed by atoms with Gasteiger partial charge in [0.05, 0.1) is 29.0 Å². The molecule has 10 nitrogen and oxygen atoms in total. The Morgan fingerprint density at radius 2 is 1.88 bits per heavy atom. The molecule has 32 heavy (non-hydrogen) atoms. The Morgan fingerprint density at radius 1 is 1.06 bits per heavy atom. The van der Waals surface area contributed by atoms with Crippen molar-refractivity contribution < 1.29 is 9.32 Å². The fourth-order valence-electron chi connectivity index (χ4n) is 3.75. The Kier molecular flexibility index (Phi) is 4.89. The summed E-state index contributed by atoms with van der Waals surface area (Å²) in [6.07, 6.45) is 4.28. The average molecular weight is 430 g/mol. The molecular formula is C22H22N8O2. The third-order valence-corrected chi connectivity index (χ3v) is 5.39. The van der Waals surface area contributed by atoms with Crippen molar-refractivity contribution in [2.45, 2.75) is 19.3 Å². The van der Waals surface area contributed by atoms with Crippen LogP contribution in [0.4, 0.5) is 11.6 Å². The number of likely N-dealkylation sites (tertiary alicyclic amines) is 1. The zero-order valence-corrected chi connectivity index (χ0v) is 18.0. The Morgan fingerprint density at radius 3 is 2.59 bits per heavy atom. The van der Waals surface area contributed by atoms with Crippen LogP contribution in [0.15, 0.2) is 47.2 Å². The number of likely N-dealkylation sites (N-methyl/N-ethyl adjacent to an activating group) is 1. The van der Waals surface area contributed by atoms with Crippen molar-refractivity contribution in [2.75, 3.05) is 18.9 Å². The fraction of sp³-hybridized carbons (Fsp3) is 0.273. The molecule has 1 aliphatic rings. The number of carbonyl (C=O) groups excluding carboxylic acids is 1. The maximum Gasteiger partial charge on any atom is 0.233 e. The number of aryl methyl sites for hydroxylation is 2. The number of carbonyl (C=O) groups is 1. The van der Waals surface area contributed by atoms with E-state index in [0.29, 0.717) is 34.5 Å². The zero-order valence-electron chi connectivity index (χ0n) is 18.0. The minimum absolute atomic E-state index is 0.0551. The molecule has 5 heterocycles. The third-order valence-electron chi connectivity index (χ3n) is 5.39. The largest absolute Gasteiger partial charge is 0.360 e. The van der Waals surface area contributed by atoms with Gasteiger partial charge in [0.1, 0.15) is 17.4 Å². The van der Waals surface area contributed by atoms with E-state index in [2.05, 4.69) is 25.5 Å². The predicted molar refractivity (Wildman–Crippen MR) is 117 cm³/mol. The maximum atomic E-state index is 12.3. The van der Waals surface area contributed by atoms with Crippen LogP contribution in [0.2, 0.25) is 0 Å². The van der Waals surface area contributed by atoms with E-state index in [1.165, 1.54) is 0 Å². The smallest absolute Gasteiger partial charge is 0.233 e. The van der Waals surface area contributed by atoms with Crippen molar-refractivity contribution >= 4 is 17.5 Å². The third kappa shape index (κ3) is 3.82. The quantitative estimate of drug-likeness (QED) is 0.514. The number of nitrogens with zero attached hydrogens (tertiary/aromatic N) is 7. The molecule has 1 fully saturated rings. The van der Waals surface area contributed by atoms with E-state index in [-0.39, 0.29) is 11.8 Å². The molecule has 4 aromatic heterocycles. The van der Waals surface area contributed by atoms with Crippen LogP contribution in [-0.4, -0.2) is 54.3 Å². The first-order valence-corrected chi connectivity index (χ1v) is 10.3. The van der Waals surface area contributed by atoms with Gasteiger partial charge in [-0.05, 0) is 31.5 Å². The van der Waals surface area contributed by atoms with Crippen LogP contribution in [-0.2, 0) is 11.8 Å². The van der Waals surface area contributed by atoms with Gasteiger partial charge >= 0.3 is 0 Å². The molecule has 1 saturated heterocycles. The van der Waals surface area contributed by atoms with Gasteiger partial charge in [0.15, 0.2) is 0 Å². The number of pyridine rings is 1. The molecule has 162 valence electrons. The van der Waals surface area contributed by atoms with Crippen molar-refractivity contribution in [3.05, 3.63) is 54.2 Å². The van der Waals surface area contributed by atoms with E-state index in [0.717, 1.165) is 24.3 Å². The number of hydrogen-bond donors (Lipinski definition) is 1. The van der Waals surface area contributed by atoms with Gasteiger partial charge < -0.3 is 14.7 Å². The van der Waals surface area contributed by atoms with Gasteiger partial charge in [-0.1, -0.05) is 11.2 Å². The highest BCUT2D eigenvalue weighted by Crippen LogP contribution is 2.31. The molecule has 0 spiro atoms. The molecule has 0 bridgehead atoms. The number of nitrogens with one attached hydrogen (secondary N) is 1. The number of rotatable bonds is 5. The Hall–Kier alpha value is -4.08. The van der Waals surface area contributed by atoms with Crippen LogP contribution in [0.25, 0.3) is 22.8 Å². The molecule has 4 aromatic rings. The molecule has 0 saturated carbocycles. The summed E-state index contributed by atoms with van der Waals surface area (Å²) in [5.74, 6) is 0.810. The Labute approximate surface area is 184 Å². The summed E-state index contributed by atoms with van der Waals surface area (Å²) >= 11 is 0. The summed E-state index contributed by atoms with van der Waals surface area (Å²) in [5.41, 5.74) is 4.21. The van der Waals surface area contributed by atoms with Gasteiger partial charge in [0.2, 0.25) is 11.9 Å². The van der Waals surface area contributed by atoms with Crippen LogP contribution in [0.3, 0.4) is 0 Å². The lowest BCUT2D eigenvalue weighted by Crippen LogP contribution is -2.21. The normalized spacial score (nSPS) is 16.0. The lowest BCUT2D eigenvalue weighted by molar-refractivity contribution is -0.128. The average Bonchev–Trinajstić information content (AvgIpc) is 3.49. The number of hydrogen-bond acceptors (Lipinski definition) is 8. The van der Waals surface area contributed by atoms with Crippen molar-refractivity contribution in [2.24, 2.45) is 7.05 Å². The number of anilines is 2. The molecule has 5 rings (SSSR count). The summed E-state index contributed by atoms with van der Waals surface area (Å²) in [6, 6.07) is 9.31. The second-order valence-electron chi connectivity index (χ2n) is 7.87. The molecule has 0 aromatic carbocycles. The highest BCUT2D eigenvalue weighted by Gasteiger charge is 2.33. The predicted octanol–water partition coefficient (Wildman–Crippen LogP) is 2.92. The number of aromatic nitrogens is 6. The van der Waals surface area contributed by atoms with Gasteiger partial charge in [-0.2, -0.15) is 5.10 Å². The topological polar surface area (TPSA) is 115 Å². The first-order valence-electron chi connectivity index (χ1n) is 10.3. The minimum atomic E-state index is -0.282. The molecule has 1 aliphatic heterocycles. The first kappa shape index (κ1) is 19.9. The van der Waals surface area contributed by atoms with Gasteiger partial charge in [-0.25, -0.2) is 15.0 Å². The van der Waals surface area contributed by atoms with Crippen molar-refractivity contribution in [3.63, 3.8) is 0 Å². The summed E-state index contributed by atoms with van der Waals surface area (Å²) in [5, 5.41) is 11.5. The molecular weight excluding hydrogens is 408 g/mol. The highest BCUT2D eigenvalue weighted by atomic mass is 16.5. The first-order chi connectivity index (χ1) is 15.5. The van der Waals surface area contributed by atoms with Crippen molar-refractivity contribution in [3.8, 4) is 22.8 Å². The van der Waals surface area contributed by atoms with E-state index >= 15 is 0 Å². The Bertz CT molecular complexity index is 1290. The van der Waals surface area contributed by atoms with E-state index in [1.54, 1.807) is 28.9 Å². The summed E-state index contributed by atoms with van der Waals surface area (Å²) in [6.45, 7) is 2.62. The summed E-state index contributed by atoms with van der Waals surface area (Å²) in [7, 11) is 3.64. The minimum Gasteiger partial charge on any atom is -0.360 e. The van der Waals surface area contributed by atoms with Gasteiger partial charge in [0, 0.05) is 38.6 Å². The second kappa shape index (κ2) is 7.88. The molecule has 1 amide bonds. The van der Waals surface area contributed by atoms with Crippen LogP contribution < -0.4 is 5.32 Å². The van der Waals surface area contributed by atoms with Crippen molar-refractivity contribution in [1.29, 1.82) is 0 Å². The zero-order chi connectivity index (χ0) is 22.2. The van der Waals surface area contributed by atoms with Gasteiger partial charge in [0.25, 0.3) is 0 Å². The van der Waals surface area contributed by atoms with Crippen LogP contribution in [0, 0.1) is 6.92 Å². The maximum absolute atomic E-state index is 12.3. The van der Waals surface area contributed by atoms with E-state index in [1.807, 2.05) is 44.4 Å². The SMILES string of the molecule is Cc1cc(-c2cccc(-c3cc([C@@H]4CCN(C)C4=O)on3)n2)nc(Nc2cnn(C)c2)n1. The van der Waals surface area contributed by atoms with Crippen LogP contribution in [0.5, 0.6) is 0 Å². The highest BCUT2D eigenvalue weighted by molar-refractivity contribution is 5.85. The molecule has 1 N–H and O–H groups in total. The standard InChI is InChI=1S/C22H22N8O2/c1-13-9-18(27-22(24-13)25-14-11-23-30(3)12-14)16-5-4-6-17(26-16)19-10-20(32-28-19)15-7-8-29(2)21(15)31/h4-6,9-12,15H,7-8H2,1-3H3,(H,24,25,27)/t15-/m0/s1. The van der Waals surface area contributed by atoms with Crippen LogP contribution in [0.1, 0.15) is 23.8 Å². The molecule has 1 atom stereocenters. The lowest BCUT2D eigenvalue weighted by atomic mass is 10.0. The monoisotopic (exact) mass is 430 g/mol. The van der Waals surface area contributed by atoms with E-state index < -0.39 is 0 Å².